The number of fused-ring (bicyclic) bond motifs is 1. The molecule has 164 valence electrons. The maximum Gasteiger partial charge on any atom is 0.387 e. The Bertz CT molecular complexity index is 1260. The van der Waals surface area contributed by atoms with Crippen molar-refractivity contribution in [2.45, 2.75) is 13.2 Å². The first-order valence-corrected chi connectivity index (χ1v) is 8.79. The molecule has 0 atom stereocenters. The first-order valence-electron chi connectivity index (χ1n) is 8.79. The van der Waals surface area contributed by atoms with Gasteiger partial charge in [-0.15, -0.1) is 0 Å². The van der Waals surface area contributed by atoms with Crippen molar-refractivity contribution in [1.29, 1.82) is 0 Å². The first kappa shape index (κ1) is 21.7. The van der Waals surface area contributed by atoms with Crippen molar-refractivity contribution >= 4 is 28.7 Å². The molecule has 1 aromatic carbocycles. The van der Waals surface area contributed by atoms with Crippen LogP contribution in [0.3, 0.4) is 0 Å². The van der Waals surface area contributed by atoms with E-state index >= 15 is 0 Å². The van der Waals surface area contributed by atoms with Crippen LogP contribution in [-0.2, 0) is 35.0 Å². The molecule has 0 spiro atoms. The number of hydrogen-bond donors (Lipinski definition) is 1. The van der Waals surface area contributed by atoms with Gasteiger partial charge in [-0.3, -0.25) is 23.5 Å². The topological polar surface area (TPSA) is 126 Å². The van der Waals surface area contributed by atoms with Crippen LogP contribution in [0.5, 0.6) is 5.75 Å². The van der Waals surface area contributed by atoms with E-state index in [9.17, 15) is 28.0 Å². The number of para-hydroxylation sites is 2. The normalized spacial score (nSPS) is 11.0. The average Bonchev–Trinajstić information content (AvgIpc) is 3.14. The van der Waals surface area contributed by atoms with E-state index in [4.69, 9.17) is 4.74 Å². The Morgan fingerprint density at radius 1 is 1.16 bits per heavy atom. The number of halogens is 2. The van der Waals surface area contributed by atoms with Crippen LogP contribution in [0.1, 0.15) is 0 Å². The molecule has 1 N–H and O–H groups in total. The van der Waals surface area contributed by atoms with Gasteiger partial charge < -0.3 is 19.4 Å². The summed E-state index contributed by atoms with van der Waals surface area (Å²) in [5.74, 6) is -1.89. The molecule has 0 aliphatic heterocycles. The number of nitrogens with zero attached hydrogens (tertiary/aromatic N) is 4. The smallest absolute Gasteiger partial charge is 0.387 e. The van der Waals surface area contributed by atoms with Crippen LogP contribution in [-0.4, -0.2) is 43.8 Å². The molecule has 13 heteroatoms. The molecular weight excluding hydrogens is 420 g/mol. The number of amides is 1. The van der Waals surface area contributed by atoms with Crippen LogP contribution in [0, 0.1) is 0 Å². The van der Waals surface area contributed by atoms with Crippen LogP contribution in [0.15, 0.2) is 40.2 Å². The fourth-order valence-corrected chi connectivity index (χ4v) is 2.80. The number of rotatable bonds is 7. The van der Waals surface area contributed by atoms with Crippen LogP contribution in [0.4, 0.5) is 14.5 Å². The number of aryl methyl sites for hydroxylation is 1. The lowest BCUT2D eigenvalue weighted by molar-refractivity contribution is -0.147. The molecule has 11 nitrogen and oxygen atoms in total. The van der Waals surface area contributed by atoms with E-state index in [2.05, 4.69) is 15.0 Å². The van der Waals surface area contributed by atoms with Crippen molar-refractivity contribution in [1.82, 2.24) is 18.7 Å². The summed E-state index contributed by atoms with van der Waals surface area (Å²) in [5, 5.41) is 2.30. The Labute approximate surface area is 172 Å². The van der Waals surface area contributed by atoms with E-state index in [1.807, 2.05) is 0 Å². The van der Waals surface area contributed by atoms with E-state index < -0.39 is 42.9 Å². The molecule has 1 amide bonds. The molecule has 0 aliphatic carbocycles. The second kappa shape index (κ2) is 8.77. The third-order valence-electron chi connectivity index (χ3n) is 4.26. The summed E-state index contributed by atoms with van der Waals surface area (Å²) in [4.78, 5) is 52.4. The number of ether oxygens (including phenoxy) is 2. The van der Waals surface area contributed by atoms with Gasteiger partial charge in [0.25, 0.3) is 11.5 Å². The van der Waals surface area contributed by atoms with Crippen LogP contribution in [0.2, 0.25) is 0 Å². The Morgan fingerprint density at radius 2 is 1.87 bits per heavy atom. The first-order chi connectivity index (χ1) is 14.7. The van der Waals surface area contributed by atoms with E-state index in [0.29, 0.717) is 0 Å². The minimum absolute atomic E-state index is 0.0177. The van der Waals surface area contributed by atoms with Crippen LogP contribution >= 0.6 is 0 Å². The predicted molar refractivity (Wildman–Crippen MR) is 103 cm³/mol. The standard InChI is InChI=1S/C18H17F2N5O6/c1-23-15-14(16(28)24(2)18(23)29)25(9-21-15)7-13(27)30-8-12(26)22-10-5-3-4-6-11(10)31-17(19)20/h3-6,9,17H,7-8H2,1-2H3,(H,22,26). The molecule has 2 aromatic heterocycles. The lowest BCUT2D eigenvalue weighted by Gasteiger charge is -2.12. The van der Waals surface area contributed by atoms with E-state index in [-0.39, 0.29) is 22.6 Å². The molecule has 3 aromatic rings. The van der Waals surface area contributed by atoms with Crippen molar-refractivity contribution in [3.8, 4) is 5.75 Å². The van der Waals surface area contributed by atoms with Gasteiger partial charge in [0.05, 0.1) is 12.0 Å². The molecule has 0 bridgehead atoms. The summed E-state index contributed by atoms with van der Waals surface area (Å²) < 4.78 is 37.3. The summed E-state index contributed by atoms with van der Waals surface area (Å²) in [7, 11) is 2.72. The maximum absolute atomic E-state index is 12.4. The monoisotopic (exact) mass is 437 g/mol. The number of nitrogens with one attached hydrogen (secondary N) is 1. The van der Waals surface area contributed by atoms with Gasteiger partial charge in [0, 0.05) is 14.1 Å². The van der Waals surface area contributed by atoms with Gasteiger partial charge in [0.15, 0.2) is 17.8 Å². The second-order valence-corrected chi connectivity index (χ2v) is 6.33. The van der Waals surface area contributed by atoms with Crippen molar-refractivity contribution in [3.05, 3.63) is 51.4 Å². The molecule has 0 aliphatic rings. The molecule has 0 fully saturated rings. The highest BCUT2D eigenvalue weighted by atomic mass is 19.3. The minimum atomic E-state index is -3.08. The number of carbonyl (C=O) groups is 2. The molecule has 0 radical (unpaired) electrons. The fourth-order valence-electron chi connectivity index (χ4n) is 2.80. The number of aromatic nitrogens is 4. The third kappa shape index (κ3) is 4.60. The summed E-state index contributed by atoms with van der Waals surface area (Å²) in [6.45, 7) is -4.22. The van der Waals surface area contributed by atoms with Gasteiger partial charge in [0.1, 0.15) is 12.3 Å². The Hall–Kier alpha value is -4.03. The zero-order valence-electron chi connectivity index (χ0n) is 16.4. The summed E-state index contributed by atoms with van der Waals surface area (Å²) in [6, 6.07) is 5.53. The number of imidazole rings is 1. The lowest BCUT2D eigenvalue weighted by atomic mass is 10.3. The number of carbonyl (C=O) groups excluding carboxylic acids is 2. The van der Waals surface area contributed by atoms with Crippen LogP contribution < -0.4 is 21.3 Å². The van der Waals surface area contributed by atoms with Crippen molar-refractivity contribution in [3.63, 3.8) is 0 Å². The lowest BCUT2D eigenvalue weighted by Crippen LogP contribution is -2.37. The quantitative estimate of drug-likeness (QED) is 0.524. The number of anilines is 1. The van der Waals surface area contributed by atoms with Gasteiger partial charge >= 0.3 is 18.3 Å². The zero-order chi connectivity index (χ0) is 22.7. The van der Waals surface area contributed by atoms with Crippen LogP contribution in [0.25, 0.3) is 11.2 Å². The van der Waals surface area contributed by atoms with E-state index in [1.165, 1.54) is 49.3 Å². The largest absolute Gasteiger partial charge is 0.454 e. The maximum atomic E-state index is 12.4. The van der Waals surface area contributed by atoms with E-state index in [0.717, 1.165) is 9.13 Å². The summed E-state index contributed by atoms with van der Waals surface area (Å²) in [6.07, 6.45) is 1.20. The van der Waals surface area contributed by atoms with Crippen molar-refractivity contribution in [2.75, 3.05) is 11.9 Å². The summed E-state index contributed by atoms with van der Waals surface area (Å²) >= 11 is 0. The Morgan fingerprint density at radius 3 is 2.58 bits per heavy atom. The molecule has 3 rings (SSSR count). The molecule has 0 unspecified atom stereocenters. The van der Waals surface area contributed by atoms with Gasteiger partial charge in [-0.1, -0.05) is 12.1 Å². The highest BCUT2D eigenvalue weighted by molar-refractivity contribution is 5.94. The highest BCUT2D eigenvalue weighted by Gasteiger charge is 2.17. The predicted octanol–water partition coefficient (Wildman–Crippen LogP) is 0.217. The van der Waals surface area contributed by atoms with Gasteiger partial charge in [0.2, 0.25) is 0 Å². The molecular formula is C18H17F2N5O6. The van der Waals surface area contributed by atoms with Gasteiger partial charge in [-0.05, 0) is 12.1 Å². The fraction of sp³-hybridized carbons (Fsp3) is 0.278. The Kier molecular flexibility index (Phi) is 6.13. The van der Waals surface area contributed by atoms with Crippen molar-refractivity contribution in [2.24, 2.45) is 14.1 Å². The SMILES string of the molecule is Cn1c(=O)c2c(ncn2CC(=O)OCC(=O)Nc2ccccc2OC(F)F)n(C)c1=O. The van der Waals surface area contributed by atoms with E-state index in [1.54, 1.807) is 0 Å². The summed E-state index contributed by atoms with van der Waals surface area (Å²) in [5.41, 5.74) is -1.12. The highest BCUT2D eigenvalue weighted by Crippen LogP contribution is 2.25. The second-order valence-electron chi connectivity index (χ2n) is 6.33. The molecule has 2 heterocycles. The van der Waals surface area contributed by atoms with Gasteiger partial charge in [-0.2, -0.15) is 8.78 Å². The number of esters is 1. The third-order valence-corrected chi connectivity index (χ3v) is 4.26. The van der Waals surface area contributed by atoms with Gasteiger partial charge in [-0.25, -0.2) is 9.78 Å². The number of hydrogen-bond acceptors (Lipinski definition) is 7. The molecule has 31 heavy (non-hydrogen) atoms. The van der Waals surface area contributed by atoms with Crippen molar-refractivity contribution < 1.29 is 27.8 Å². The molecule has 0 saturated carbocycles. The Balaban J connectivity index is 1.66. The zero-order valence-corrected chi connectivity index (χ0v) is 16.4. The average molecular weight is 437 g/mol. The minimum Gasteiger partial charge on any atom is -0.454 e. The number of alkyl halides is 2. The molecule has 0 saturated heterocycles. The number of benzene rings is 1.